The van der Waals surface area contributed by atoms with Crippen LogP contribution in [0, 0.1) is 6.92 Å². The van der Waals surface area contributed by atoms with Crippen molar-refractivity contribution in [2.24, 2.45) is 0 Å². The molecule has 1 N–H and O–H groups in total. The Morgan fingerprint density at radius 1 is 0.756 bits per heavy atom. The normalized spacial score (nSPS) is 14.8. The van der Waals surface area contributed by atoms with Gasteiger partial charge < -0.3 is 0 Å². The Labute approximate surface area is 317 Å². The van der Waals surface area contributed by atoms with Gasteiger partial charge in [0, 0.05) is 38.1 Å². The van der Waals surface area contributed by atoms with Crippen molar-refractivity contribution in [2.45, 2.75) is 17.7 Å². The molecule has 1 heterocycles. The maximum atomic E-state index is 13.8. The van der Waals surface area contributed by atoms with Crippen molar-refractivity contribution < 1.29 is 60.1 Å². The number of hydrogen-bond donors (Lipinski definition) is 1. The molecule has 0 saturated carbocycles. The Hall–Kier alpha value is -0.706. The van der Waals surface area contributed by atoms with E-state index >= 15 is 0 Å². The second-order valence-electron chi connectivity index (χ2n) is 9.86. The van der Waals surface area contributed by atoms with E-state index in [0.29, 0.717) is 16.4 Å². The maximum absolute atomic E-state index is 13.8. The summed E-state index contributed by atoms with van der Waals surface area (Å²) >= 11 is 44.0. The molecule has 3 aromatic carbocycles. The van der Waals surface area contributed by atoms with Crippen molar-refractivity contribution in [1.29, 1.82) is 0 Å². The molecule has 227 valence electrons. The van der Waals surface area contributed by atoms with Crippen molar-refractivity contribution in [1.82, 2.24) is 4.98 Å². The van der Waals surface area contributed by atoms with Gasteiger partial charge in [0.25, 0.3) is 10.1 Å². The third-order valence-corrected chi connectivity index (χ3v) is 12.1. The quantitative estimate of drug-likeness (QED) is 0.0717. The van der Waals surface area contributed by atoms with Gasteiger partial charge in [0.05, 0.1) is 73.5 Å². The zero-order valence-electron chi connectivity index (χ0n) is 22.0. The number of Topliss-reactive ketones (excluding diaryl/α,β-unsaturated/α-hetero) is 3. The molecule has 1 radical (unpaired) electrons. The second-order valence-corrected chi connectivity index (χ2v) is 14.5. The van der Waals surface area contributed by atoms with Gasteiger partial charge in [-0.2, -0.15) is 8.42 Å². The van der Waals surface area contributed by atoms with Crippen LogP contribution in [0.2, 0.25) is 35.2 Å². The number of nitrogens with zero attached hydrogens (tertiary/aromatic N) is 1. The fourth-order valence-electron chi connectivity index (χ4n) is 5.48. The molecule has 1 atom stereocenters. The number of rotatable bonds is 3. The zero-order chi connectivity index (χ0) is 32.3. The number of allylic oxidation sites excluding steroid dienone is 1. The Bertz CT molecular complexity index is 2230. The minimum atomic E-state index is -4.83. The standard InChI is InChI=1S/C28H11Cl7NO6PS.Y/c1-6-11-14(18(30)21(33)17(6)29)27(39)13(28(11)43)10-3-2-7-4-8(44(40,41)42)5-9(24(7)36-10)12-25(37)15-16(26(12)38)20(32)23(35)22(34)19(15)31;/h2-5,12H,43H2,1H3,(H,40,41,42);. The van der Waals surface area contributed by atoms with Crippen LogP contribution in [0.4, 0.5) is 0 Å². The van der Waals surface area contributed by atoms with E-state index in [2.05, 4.69) is 14.2 Å². The summed E-state index contributed by atoms with van der Waals surface area (Å²) in [5.74, 6) is -3.91. The first kappa shape index (κ1) is 35.6. The third-order valence-electron chi connectivity index (χ3n) is 7.50. The second kappa shape index (κ2) is 12.3. The first-order valence-electron chi connectivity index (χ1n) is 12.1. The molecule has 0 saturated heterocycles. The van der Waals surface area contributed by atoms with E-state index in [4.69, 9.17) is 81.2 Å². The average Bonchev–Trinajstić information content (AvgIpc) is 3.39. The van der Waals surface area contributed by atoms with Crippen molar-refractivity contribution in [2.75, 3.05) is 0 Å². The topological polar surface area (TPSA) is 118 Å². The molecule has 0 amide bonds. The van der Waals surface area contributed by atoms with Gasteiger partial charge in [0.2, 0.25) is 0 Å². The summed E-state index contributed by atoms with van der Waals surface area (Å²) in [5.41, 5.74) is 0.487. The van der Waals surface area contributed by atoms with E-state index in [1.165, 1.54) is 12.1 Å². The van der Waals surface area contributed by atoms with Gasteiger partial charge in [0.1, 0.15) is 5.92 Å². The van der Waals surface area contributed by atoms with E-state index in [0.717, 1.165) is 12.1 Å². The van der Waals surface area contributed by atoms with Gasteiger partial charge >= 0.3 is 0 Å². The van der Waals surface area contributed by atoms with Crippen LogP contribution in [-0.2, 0) is 42.8 Å². The molecule has 4 aromatic rings. The monoisotopic (exact) mass is 854 g/mol. The zero-order valence-corrected chi connectivity index (χ0v) is 32.1. The number of carbonyl (C=O) groups is 3. The van der Waals surface area contributed by atoms with E-state index in [-0.39, 0.29) is 112 Å². The van der Waals surface area contributed by atoms with Crippen LogP contribution < -0.4 is 0 Å². The number of hydrogen-bond acceptors (Lipinski definition) is 6. The summed E-state index contributed by atoms with van der Waals surface area (Å²) in [6.45, 7) is 1.68. The van der Waals surface area contributed by atoms with Crippen molar-refractivity contribution in [3.05, 3.63) is 98.5 Å². The van der Waals surface area contributed by atoms with Crippen LogP contribution in [0.25, 0.3) is 21.8 Å². The molecule has 0 fully saturated rings. The number of aromatic nitrogens is 1. The molecule has 17 heteroatoms. The minimum Gasteiger partial charge on any atom is -0.293 e. The smallest absolute Gasteiger partial charge is 0.293 e. The molecule has 0 bridgehead atoms. The summed E-state index contributed by atoms with van der Waals surface area (Å²) in [6, 6.07) is 4.93. The Morgan fingerprint density at radius 3 is 1.80 bits per heavy atom. The Morgan fingerprint density at radius 2 is 1.27 bits per heavy atom. The van der Waals surface area contributed by atoms with Crippen LogP contribution in [-0.4, -0.2) is 35.3 Å². The first-order chi connectivity index (χ1) is 20.5. The number of benzene rings is 3. The maximum Gasteiger partial charge on any atom is 0.294 e. The molecule has 6 rings (SSSR count). The Balaban J connectivity index is 0.00000400. The number of halogens is 7. The van der Waals surface area contributed by atoms with Gasteiger partial charge in [-0.05, 0) is 47.1 Å². The summed E-state index contributed by atoms with van der Waals surface area (Å²) in [5, 5.41) is -0.428. The van der Waals surface area contributed by atoms with Crippen LogP contribution in [0.1, 0.15) is 59.4 Å². The predicted molar refractivity (Wildman–Crippen MR) is 177 cm³/mol. The summed E-state index contributed by atoms with van der Waals surface area (Å²) in [6.07, 6.45) is 0. The molecule has 0 aliphatic heterocycles. The van der Waals surface area contributed by atoms with E-state index in [1.807, 2.05) is 0 Å². The van der Waals surface area contributed by atoms with E-state index < -0.39 is 38.3 Å². The van der Waals surface area contributed by atoms with Gasteiger partial charge in [-0.1, -0.05) is 87.3 Å². The molecule has 7 nitrogen and oxygen atoms in total. The molecular weight excluding hydrogens is 846 g/mol. The molecular formula is C28H11Cl7NO6PSY. The van der Waals surface area contributed by atoms with Crippen molar-refractivity contribution in [3.63, 3.8) is 0 Å². The van der Waals surface area contributed by atoms with Crippen LogP contribution in [0.5, 0.6) is 0 Å². The SMILES string of the molecule is Cc1c(Cl)c(Cl)c(Cl)c2c1C(P)=C(c1ccc3cc(S(=O)(=O)O)cc(C4C(=O)c5c(Cl)c(Cl)c(Cl)c(Cl)c5C4=O)c3n1)C2=O.[Y]. The third kappa shape index (κ3) is 5.28. The molecule has 1 unspecified atom stereocenters. The van der Waals surface area contributed by atoms with E-state index in [1.54, 1.807) is 6.92 Å². The molecule has 0 spiro atoms. The fraction of sp³-hybridized carbons (Fsp3) is 0.0714. The first-order valence-corrected chi connectivity index (χ1v) is 16.7. The summed E-state index contributed by atoms with van der Waals surface area (Å²) in [7, 11) is -2.36. The van der Waals surface area contributed by atoms with Gasteiger partial charge in [-0.15, -0.1) is 9.24 Å². The number of carbonyl (C=O) groups excluding carboxylic acids is 3. The van der Waals surface area contributed by atoms with Gasteiger partial charge in [0.15, 0.2) is 17.3 Å². The van der Waals surface area contributed by atoms with Crippen LogP contribution >= 0.6 is 90.4 Å². The predicted octanol–water partition coefficient (Wildman–Crippen LogP) is 9.46. The van der Waals surface area contributed by atoms with Gasteiger partial charge in [-0.25, -0.2) is 4.98 Å². The van der Waals surface area contributed by atoms with Crippen LogP contribution in [0.3, 0.4) is 0 Å². The Kier molecular flexibility index (Phi) is 9.74. The van der Waals surface area contributed by atoms with E-state index in [9.17, 15) is 27.4 Å². The molecule has 1 aromatic heterocycles. The fourth-order valence-corrected chi connectivity index (χ4v) is 8.46. The van der Waals surface area contributed by atoms with Crippen molar-refractivity contribution >= 4 is 140 Å². The summed E-state index contributed by atoms with van der Waals surface area (Å²) < 4.78 is 34.3. The number of pyridine rings is 1. The number of fused-ring (bicyclic) bond motifs is 3. The van der Waals surface area contributed by atoms with Crippen LogP contribution in [0.15, 0.2) is 29.2 Å². The minimum absolute atomic E-state index is 0. The number of ketones is 3. The summed E-state index contributed by atoms with van der Waals surface area (Å²) in [4.78, 5) is 45.3. The van der Waals surface area contributed by atoms with Gasteiger partial charge in [-0.3, -0.25) is 18.9 Å². The van der Waals surface area contributed by atoms with Crippen molar-refractivity contribution in [3.8, 4) is 0 Å². The molecule has 2 aliphatic rings. The largest absolute Gasteiger partial charge is 0.294 e. The average molecular weight is 858 g/mol. The molecule has 45 heavy (non-hydrogen) atoms. The molecule has 2 aliphatic carbocycles.